The molecule has 0 aromatic rings. The Morgan fingerprint density at radius 2 is 1.20 bits per heavy atom. The molecule has 2 fully saturated rings. The van der Waals surface area contributed by atoms with Crippen molar-refractivity contribution < 1.29 is 0 Å². The molecule has 0 amide bonds. The van der Waals surface area contributed by atoms with Crippen LogP contribution >= 0.6 is 0 Å². The summed E-state index contributed by atoms with van der Waals surface area (Å²) in [6.07, 6.45) is 5.55. The van der Waals surface area contributed by atoms with Crippen LogP contribution in [0, 0.1) is 17.3 Å². The lowest BCUT2D eigenvalue weighted by atomic mass is 9.68. The molecular formula is C13H22N2. The maximum absolute atomic E-state index is 4.67. The second kappa shape index (κ2) is 2.46. The lowest BCUT2D eigenvalue weighted by Gasteiger charge is -2.38. The molecule has 2 nitrogen and oxygen atoms in total. The van der Waals surface area contributed by atoms with E-state index in [1.54, 1.807) is 0 Å². The standard InChI is InChI=1S/C13H22N2/c1-11(2)12(3)9-7-5-6-8-10(9)13(11,4)15-14-12/h9-10H,5-8H2,1-4H3/t9-,10+,12-,13+. The first-order chi connectivity index (χ1) is 6.93. The van der Waals surface area contributed by atoms with Gasteiger partial charge < -0.3 is 0 Å². The van der Waals surface area contributed by atoms with Crippen molar-refractivity contribution in [3.8, 4) is 0 Å². The van der Waals surface area contributed by atoms with Crippen LogP contribution in [0.3, 0.4) is 0 Å². The number of fused-ring (bicyclic) bond motifs is 5. The molecule has 0 N–H and O–H groups in total. The van der Waals surface area contributed by atoms with E-state index < -0.39 is 0 Å². The molecule has 2 bridgehead atoms. The van der Waals surface area contributed by atoms with Gasteiger partial charge >= 0.3 is 0 Å². The molecule has 84 valence electrons. The molecule has 0 saturated heterocycles. The molecule has 0 radical (unpaired) electrons. The van der Waals surface area contributed by atoms with Gasteiger partial charge in [-0.15, -0.1) is 0 Å². The molecule has 0 aromatic heterocycles. The summed E-state index contributed by atoms with van der Waals surface area (Å²) in [6, 6.07) is 0. The average molecular weight is 206 g/mol. The number of hydrogen-bond acceptors (Lipinski definition) is 2. The first kappa shape index (κ1) is 9.80. The van der Waals surface area contributed by atoms with E-state index in [-0.39, 0.29) is 16.5 Å². The predicted molar refractivity (Wildman–Crippen MR) is 60.9 cm³/mol. The Labute approximate surface area is 92.5 Å². The van der Waals surface area contributed by atoms with Gasteiger partial charge in [0.25, 0.3) is 0 Å². The molecule has 0 spiro atoms. The maximum atomic E-state index is 4.67. The van der Waals surface area contributed by atoms with E-state index in [9.17, 15) is 0 Å². The zero-order valence-corrected chi connectivity index (χ0v) is 10.4. The van der Waals surface area contributed by atoms with Gasteiger partial charge in [0.2, 0.25) is 0 Å². The van der Waals surface area contributed by atoms with Gasteiger partial charge in [0.15, 0.2) is 0 Å². The number of rotatable bonds is 0. The van der Waals surface area contributed by atoms with Crippen molar-refractivity contribution in [2.45, 2.75) is 64.5 Å². The SMILES string of the molecule is CC1(C)[C@@]2(C)N=N[C@]1(C)[C@@H]1CCCC[C@@H]12. The van der Waals surface area contributed by atoms with Crippen molar-refractivity contribution >= 4 is 0 Å². The largest absolute Gasteiger partial charge is 0.186 e. The predicted octanol–water partition coefficient (Wildman–Crippen LogP) is 3.82. The Kier molecular flexibility index (Phi) is 1.61. The van der Waals surface area contributed by atoms with Crippen molar-refractivity contribution in [3.05, 3.63) is 0 Å². The zero-order valence-electron chi connectivity index (χ0n) is 10.4. The van der Waals surface area contributed by atoms with Gasteiger partial charge in [0.05, 0.1) is 11.1 Å². The molecule has 2 heteroatoms. The van der Waals surface area contributed by atoms with E-state index in [0.717, 1.165) is 11.8 Å². The van der Waals surface area contributed by atoms with E-state index in [1.807, 2.05) is 0 Å². The van der Waals surface area contributed by atoms with Crippen LogP contribution in [0.15, 0.2) is 10.2 Å². The molecule has 1 aliphatic heterocycles. The molecule has 4 atom stereocenters. The maximum Gasteiger partial charge on any atom is 0.0894 e. The van der Waals surface area contributed by atoms with E-state index in [1.165, 1.54) is 25.7 Å². The summed E-state index contributed by atoms with van der Waals surface area (Å²) >= 11 is 0. The molecule has 15 heavy (non-hydrogen) atoms. The summed E-state index contributed by atoms with van der Waals surface area (Å²) in [6.45, 7) is 9.45. The third-order valence-electron chi connectivity index (χ3n) is 6.21. The highest BCUT2D eigenvalue weighted by molar-refractivity contribution is 5.26. The first-order valence-corrected chi connectivity index (χ1v) is 6.37. The van der Waals surface area contributed by atoms with Crippen LogP contribution in [0.4, 0.5) is 0 Å². The van der Waals surface area contributed by atoms with E-state index in [4.69, 9.17) is 0 Å². The third-order valence-corrected chi connectivity index (χ3v) is 6.21. The fraction of sp³-hybridized carbons (Fsp3) is 1.00. The summed E-state index contributed by atoms with van der Waals surface area (Å²) in [7, 11) is 0. The van der Waals surface area contributed by atoms with Crippen LogP contribution in [0.5, 0.6) is 0 Å². The summed E-state index contributed by atoms with van der Waals surface area (Å²) in [5, 5.41) is 9.34. The minimum atomic E-state index is 0.118. The second-order valence-electron chi connectivity index (χ2n) is 6.62. The van der Waals surface area contributed by atoms with Gasteiger partial charge in [0, 0.05) is 5.41 Å². The van der Waals surface area contributed by atoms with E-state index in [2.05, 4.69) is 37.9 Å². The van der Waals surface area contributed by atoms with Gasteiger partial charge in [-0.05, 0) is 38.5 Å². The quantitative estimate of drug-likeness (QED) is 0.575. The lowest BCUT2D eigenvalue weighted by Crippen LogP contribution is -2.43. The molecule has 3 aliphatic rings. The third kappa shape index (κ3) is 0.808. The van der Waals surface area contributed by atoms with E-state index >= 15 is 0 Å². The van der Waals surface area contributed by atoms with E-state index in [0.29, 0.717) is 0 Å². The average Bonchev–Trinajstić information content (AvgIpc) is 2.47. The van der Waals surface area contributed by atoms with Crippen molar-refractivity contribution in [3.63, 3.8) is 0 Å². The smallest absolute Gasteiger partial charge is 0.0894 e. The Hall–Kier alpha value is -0.400. The molecule has 0 aromatic carbocycles. The summed E-state index contributed by atoms with van der Waals surface area (Å²) in [4.78, 5) is 0. The van der Waals surface area contributed by atoms with Crippen molar-refractivity contribution in [2.75, 3.05) is 0 Å². The topological polar surface area (TPSA) is 24.7 Å². The van der Waals surface area contributed by atoms with Crippen LogP contribution in [-0.2, 0) is 0 Å². The highest BCUT2D eigenvalue weighted by atomic mass is 15.3. The molecule has 3 rings (SSSR count). The van der Waals surface area contributed by atoms with Gasteiger partial charge in [-0.3, -0.25) is 0 Å². The number of hydrogen-bond donors (Lipinski definition) is 0. The lowest BCUT2D eigenvalue weighted by molar-refractivity contribution is 0.154. The van der Waals surface area contributed by atoms with Gasteiger partial charge in [-0.1, -0.05) is 26.7 Å². The Morgan fingerprint density at radius 3 is 1.60 bits per heavy atom. The zero-order chi connectivity index (χ0) is 10.9. The Bertz CT molecular complexity index is 303. The molecule has 2 aliphatic carbocycles. The highest BCUT2D eigenvalue weighted by Gasteiger charge is 2.72. The summed E-state index contributed by atoms with van der Waals surface area (Å²) in [5.41, 5.74) is 0.485. The number of nitrogens with zero attached hydrogens (tertiary/aromatic N) is 2. The summed E-state index contributed by atoms with van der Waals surface area (Å²) in [5.74, 6) is 1.59. The minimum Gasteiger partial charge on any atom is -0.186 e. The Balaban J connectivity index is 2.14. The molecular weight excluding hydrogens is 184 g/mol. The summed E-state index contributed by atoms with van der Waals surface area (Å²) < 4.78 is 0. The molecule has 2 saturated carbocycles. The second-order valence-corrected chi connectivity index (χ2v) is 6.62. The van der Waals surface area contributed by atoms with Crippen molar-refractivity contribution in [1.82, 2.24) is 0 Å². The fourth-order valence-corrected chi connectivity index (χ4v) is 4.52. The Morgan fingerprint density at radius 1 is 0.800 bits per heavy atom. The van der Waals surface area contributed by atoms with Crippen molar-refractivity contribution in [1.29, 1.82) is 0 Å². The minimum absolute atomic E-state index is 0.118. The molecule has 1 heterocycles. The van der Waals surface area contributed by atoms with Crippen molar-refractivity contribution in [2.24, 2.45) is 27.5 Å². The highest BCUT2D eigenvalue weighted by Crippen LogP contribution is 2.69. The van der Waals surface area contributed by atoms with Crippen LogP contribution in [0.2, 0.25) is 0 Å². The van der Waals surface area contributed by atoms with Gasteiger partial charge in [0.1, 0.15) is 0 Å². The van der Waals surface area contributed by atoms with Crippen LogP contribution < -0.4 is 0 Å². The van der Waals surface area contributed by atoms with Crippen LogP contribution in [0.25, 0.3) is 0 Å². The first-order valence-electron chi connectivity index (χ1n) is 6.37. The number of azo groups is 1. The monoisotopic (exact) mass is 206 g/mol. The van der Waals surface area contributed by atoms with Gasteiger partial charge in [-0.25, -0.2) is 0 Å². The normalized spacial score (nSPS) is 55.7. The molecule has 0 unspecified atom stereocenters. The van der Waals surface area contributed by atoms with Crippen LogP contribution in [-0.4, -0.2) is 11.1 Å². The van der Waals surface area contributed by atoms with Crippen LogP contribution in [0.1, 0.15) is 53.4 Å². The van der Waals surface area contributed by atoms with Gasteiger partial charge in [-0.2, -0.15) is 10.2 Å². The fourth-order valence-electron chi connectivity index (χ4n) is 4.52.